The van der Waals surface area contributed by atoms with Crippen LogP contribution >= 0.6 is 0 Å². The van der Waals surface area contributed by atoms with E-state index in [1.165, 1.54) is 30.6 Å². The van der Waals surface area contributed by atoms with Gasteiger partial charge in [0.15, 0.2) is 0 Å². The van der Waals surface area contributed by atoms with Gasteiger partial charge in [0.1, 0.15) is 0 Å². The van der Waals surface area contributed by atoms with Crippen molar-refractivity contribution in [3.8, 4) is 0 Å². The molecule has 0 aliphatic carbocycles. The summed E-state index contributed by atoms with van der Waals surface area (Å²) >= 11 is 0. The van der Waals surface area contributed by atoms with Crippen molar-refractivity contribution in [1.82, 2.24) is 5.32 Å². The Morgan fingerprint density at radius 2 is 2.15 bits per heavy atom. The maximum absolute atomic E-state index is 3.34. The van der Waals surface area contributed by atoms with Gasteiger partial charge in [-0.3, -0.25) is 0 Å². The summed E-state index contributed by atoms with van der Waals surface area (Å²) in [6, 6.07) is 8.84. The topological polar surface area (TPSA) is 12.0 Å². The van der Waals surface area contributed by atoms with Crippen molar-refractivity contribution in [2.45, 2.75) is 20.3 Å². The molecule has 0 unspecified atom stereocenters. The molecule has 1 N–H and O–H groups in total. The molecule has 13 heavy (non-hydrogen) atoms. The predicted octanol–water partition coefficient (Wildman–Crippen LogP) is 2.15. The third-order valence-electron chi connectivity index (χ3n) is 2.82. The first kappa shape index (κ1) is 8.76. The standard InChI is InChI=1S/C12H17N/c1-10-4-3-5-11(6-10)7-12(2)8-13-9-12/h3-6,13H,7-9H2,1-2H3. The Hall–Kier alpha value is -0.820. The largest absolute Gasteiger partial charge is 0.316 e. The van der Waals surface area contributed by atoms with E-state index in [-0.39, 0.29) is 0 Å². The van der Waals surface area contributed by atoms with Gasteiger partial charge in [0, 0.05) is 13.1 Å². The zero-order valence-electron chi connectivity index (χ0n) is 8.43. The van der Waals surface area contributed by atoms with Crippen molar-refractivity contribution in [1.29, 1.82) is 0 Å². The molecule has 0 aromatic heterocycles. The first-order valence-electron chi connectivity index (χ1n) is 4.94. The van der Waals surface area contributed by atoms with E-state index in [9.17, 15) is 0 Å². The average Bonchev–Trinajstić information content (AvgIpc) is 2.01. The minimum Gasteiger partial charge on any atom is -0.316 e. The molecule has 2 rings (SSSR count). The maximum Gasteiger partial charge on any atom is 0.00208 e. The van der Waals surface area contributed by atoms with E-state index in [4.69, 9.17) is 0 Å². The second-order valence-corrected chi connectivity index (χ2v) is 4.58. The van der Waals surface area contributed by atoms with Crippen molar-refractivity contribution in [2.24, 2.45) is 5.41 Å². The van der Waals surface area contributed by atoms with Gasteiger partial charge in [-0.05, 0) is 24.3 Å². The lowest BCUT2D eigenvalue weighted by atomic mass is 9.78. The van der Waals surface area contributed by atoms with Crippen molar-refractivity contribution in [3.05, 3.63) is 35.4 Å². The molecule has 0 atom stereocenters. The van der Waals surface area contributed by atoms with Crippen LogP contribution in [0.1, 0.15) is 18.1 Å². The van der Waals surface area contributed by atoms with Gasteiger partial charge in [0.25, 0.3) is 0 Å². The first-order chi connectivity index (χ1) is 6.18. The van der Waals surface area contributed by atoms with Crippen LogP contribution in [0.15, 0.2) is 24.3 Å². The summed E-state index contributed by atoms with van der Waals surface area (Å²) in [5, 5.41) is 3.34. The molecule has 1 heterocycles. The molecule has 1 fully saturated rings. The Labute approximate surface area is 80.2 Å². The molecule has 0 bridgehead atoms. The summed E-state index contributed by atoms with van der Waals surface area (Å²) in [5.41, 5.74) is 3.35. The van der Waals surface area contributed by atoms with Crippen LogP contribution in [-0.2, 0) is 6.42 Å². The van der Waals surface area contributed by atoms with Crippen LogP contribution in [-0.4, -0.2) is 13.1 Å². The lowest BCUT2D eigenvalue weighted by Crippen LogP contribution is -2.52. The van der Waals surface area contributed by atoms with E-state index < -0.39 is 0 Å². The molecular weight excluding hydrogens is 158 g/mol. The van der Waals surface area contributed by atoms with Crippen molar-refractivity contribution in [2.75, 3.05) is 13.1 Å². The van der Waals surface area contributed by atoms with Gasteiger partial charge in [-0.2, -0.15) is 0 Å². The summed E-state index contributed by atoms with van der Waals surface area (Å²) in [6.07, 6.45) is 1.21. The van der Waals surface area contributed by atoms with Crippen LogP contribution < -0.4 is 5.32 Å². The fraction of sp³-hybridized carbons (Fsp3) is 0.500. The third kappa shape index (κ3) is 1.92. The predicted molar refractivity (Wildman–Crippen MR) is 55.9 cm³/mol. The minimum atomic E-state index is 0.508. The van der Waals surface area contributed by atoms with Gasteiger partial charge >= 0.3 is 0 Å². The molecule has 1 aliphatic rings. The fourth-order valence-electron chi connectivity index (χ4n) is 1.99. The number of hydrogen-bond donors (Lipinski definition) is 1. The molecule has 1 nitrogen and oxygen atoms in total. The van der Waals surface area contributed by atoms with E-state index >= 15 is 0 Å². The minimum absolute atomic E-state index is 0.508. The summed E-state index contributed by atoms with van der Waals surface area (Å²) < 4.78 is 0. The van der Waals surface area contributed by atoms with E-state index in [1.54, 1.807) is 0 Å². The number of nitrogens with one attached hydrogen (secondary N) is 1. The van der Waals surface area contributed by atoms with Gasteiger partial charge in [0.2, 0.25) is 0 Å². The van der Waals surface area contributed by atoms with Gasteiger partial charge in [0.05, 0.1) is 0 Å². The fourth-order valence-corrected chi connectivity index (χ4v) is 1.99. The quantitative estimate of drug-likeness (QED) is 0.726. The van der Waals surface area contributed by atoms with Gasteiger partial charge in [-0.15, -0.1) is 0 Å². The summed E-state index contributed by atoms with van der Waals surface area (Å²) in [5.74, 6) is 0. The molecule has 0 spiro atoms. The zero-order valence-corrected chi connectivity index (χ0v) is 8.43. The van der Waals surface area contributed by atoms with E-state index in [2.05, 4.69) is 43.4 Å². The SMILES string of the molecule is Cc1cccc(CC2(C)CNC2)c1. The number of rotatable bonds is 2. The lowest BCUT2D eigenvalue weighted by molar-refractivity contribution is 0.195. The summed E-state index contributed by atoms with van der Waals surface area (Å²) in [4.78, 5) is 0. The lowest BCUT2D eigenvalue weighted by Gasteiger charge is -2.39. The highest BCUT2D eigenvalue weighted by atomic mass is 15.0. The normalized spacial score (nSPS) is 19.5. The Morgan fingerprint density at radius 3 is 2.69 bits per heavy atom. The first-order valence-corrected chi connectivity index (χ1v) is 4.94. The number of hydrogen-bond acceptors (Lipinski definition) is 1. The molecule has 1 saturated heterocycles. The zero-order chi connectivity index (χ0) is 9.31. The van der Waals surface area contributed by atoms with Crippen LogP contribution in [0.25, 0.3) is 0 Å². The van der Waals surface area contributed by atoms with Crippen molar-refractivity contribution in [3.63, 3.8) is 0 Å². The molecule has 1 aliphatic heterocycles. The van der Waals surface area contributed by atoms with Gasteiger partial charge in [-0.1, -0.05) is 36.8 Å². The second kappa shape index (κ2) is 3.15. The highest BCUT2D eigenvalue weighted by Gasteiger charge is 2.31. The van der Waals surface area contributed by atoms with Gasteiger partial charge < -0.3 is 5.32 Å². The Morgan fingerprint density at radius 1 is 1.38 bits per heavy atom. The third-order valence-corrected chi connectivity index (χ3v) is 2.82. The molecule has 0 saturated carbocycles. The molecule has 1 aromatic rings. The highest BCUT2D eigenvalue weighted by Crippen LogP contribution is 2.26. The van der Waals surface area contributed by atoms with Crippen LogP contribution in [0.5, 0.6) is 0 Å². The van der Waals surface area contributed by atoms with E-state index in [0.717, 1.165) is 0 Å². The molecule has 1 heteroatoms. The van der Waals surface area contributed by atoms with E-state index in [1.807, 2.05) is 0 Å². The summed E-state index contributed by atoms with van der Waals surface area (Å²) in [7, 11) is 0. The van der Waals surface area contributed by atoms with Crippen molar-refractivity contribution < 1.29 is 0 Å². The van der Waals surface area contributed by atoms with Crippen LogP contribution in [0.3, 0.4) is 0 Å². The van der Waals surface area contributed by atoms with E-state index in [0.29, 0.717) is 5.41 Å². The Bertz CT molecular complexity index is 300. The average molecular weight is 175 g/mol. The molecular formula is C12H17N. The maximum atomic E-state index is 3.34. The molecule has 70 valence electrons. The second-order valence-electron chi connectivity index (χ2n) is 4.58. The highest BCUT2D eigenvalue weighted by molar-refractivity contribution is 5.23. The summed E-state index contributed by atoms with van der Waals surface area (Å²) in [6.45, 7) is 6.85. The monoisotopic (exact) mass is 175 g/mol. The Balaban J connectivity index is 2.09. The van der Waals surface area contributed by atoms with Crippen LogP contribution in [0.2, 0.25) is 0 Å². The number of aryl methyl sites for hydroxylation is 1. The smallest absolute Gasteiger partial charge is 0.00208 e. The molecule has 1 aromatic carbocycles. The van der Waals surface area contributed by atoms with Crippen LogP contribution in [0.4, 0.5) is 0 Å². The Kier molecular flexibility index (Phi) is 2.12. The van der Waals surface area contributed by atoms with Crippen molar-refractivity contribution >= 4 is 0 Å². The van der Waals surface area contributed by atoms with Crippen LogP contribution in [0, 0.1) is 12.3 Å². The molecule has 0 radical (unpaired) electrons. The van der Waals surface area contributed by atoms with Gasteiger partial charge in [-0.25, -0.2) is 0 Å². The number of benzene rings is 1. The molecule has 0 amide bonds.